The maximum Gasteiger partial charge on any atom is 0.227 e. The molecule has 1 aliphatic heterocycles. The van der Waals surface area contributed by atoms with E-state index in [0.717, 1.165) is 24.4 Å². The van der Waals surface area contributed by atoms with E-state index in [1.54, 1.807) is 0 Å². The van der Waals surface area contributed by atoms with E-state index >= 15 is 0 Å². The van der Waals surface area contributed by atoms with Gasteiger partial charge in [0, 0.05) is 24.7 Å². The third-order valence-electron chi connectivity index (χ3n) is 4.97. The van der Waals surface area contributed by atoms with Crippen LogP contribution in [0.25, 0.3) is 0 Å². The van der Waals surface area contributed by atoms with Crippen molar-refractivity contribution in [1.29, 1.82) is 0 Å². The van der Waals surface area contributed by atoms with E-state index in [2.05, 4.69) is 12.1 Å². The maximum absolute atomic E-state index is 12.6. The number of benzene rings is 1. The number of hydrogen-bond donors (Lipinski definition) is 1. The third kappa shape index (κ3) is 3.46. The molecule has 1 amide bonds. The minimum atomic E-state index is 0.0681. The predicted octanol–water partition coefficient (Wildman–Crippen LogP) is 3.26. The maximum atomic E-state index is 12.6. The van der Waals surface area contributed by atoms with Crippen molar-refractivity contribution in [3.8, 4) is 0 Å². The fourth-order valence-corrected chi connectivity index (χ4v) is 3.80. The summed E-state index contributed by atoms with van der Waals surface area (Å²) >= 11 is 0. The van der Waals surface area contributed by atoms with Crippen LogP contribution in [0.4, 0.5) is 5.69 Å². The SMILES string of the molecule is NC1Cc2ccccc2N(C(=O)CCC2CCCCC2)C1. The highest BCUT2D eigenvalue weighted by Crippen LogP contribution is 2.30. The Kier molecular flexibility index (Phi) is 4.59. The van der Waals surface area contributed by atoms with Crippen molar-refractivity contribution in [3.63, 3.8) is 0 Å². The zero-order valence-corrected chi connectivity index (χ0v) is 12.8. The lowest BCUT2D eigenvalue weighted by Gasteiger charge is -2.33. The molecule has 1 aromatic rings. The van der Waals surface area contributed by atoms with Crippen LogP contribution in [0.15, 0.2) is 24.3 Å². The van der Waals surface area contributed by atoms with Gasteiger partial charge in [-0.3, -0.25) is 4.79 Å². The summed E-state index contributed by atoms with van der Waals surface area (Å²) in [5, 5.41) is 0. The van der Waals surface area contributed by atoms with E-state index < -0.39 is 0 Å². The molecule has 21 heavy (non-hydrogen) atoms. The molecule has 1 heterocycles. The van der Waals surface area contributed by atoms with Crippen LogP contribution in [0.5, 0.6) is 0 Å². The van der Waals surface area contributed by atoms with Crippen LogP contribution < -0.4 is 10.6 Å². The highest BCUT2D eigenvalue weighted by atomic mass is 16.2. The normalized spacial score (nSPS) is 22.9. The molecular weight excluding hydrogens is 260 g/mol. The Morgan fingerprint density at radius 2 is 1.95 bits per heavy atom. The summed E-state index contributed by atoms with van der Waals surface area (Å²) in [4.78, 5) is 14.5. The van der Waals surface area contributed by atoms with Gasteiger partial charge >= 0.3 is 0 Å². The molecule has 3 nitrogen and oxygen atoms in total. The Morgan fingerprint density at radius 1 is 1.19 bits per heavy atom. The van der Waals surface area contributed by atoms with Crippen molar-refractivity contribution in [2.45, 2.75) is 57.4 Å². The number of para-hydroxylation sites is 1. The van der Waals surface area contributed by atoms with Gasteiger partial charge in [-0.25, -0.2) is 0 Å². The van der Waals surface area contributed by atoms with Gasteiger partial charge in [0.1, 0.15) is 0 Å². The third-order valence-corrected chi connectivity index (χ3v) is 4.97. The summed E-state index contributed by atoms with van der Waals surface area (Å²) in [6, 6.07) is 8.26. The average Bonchev–Trinajstić information content (AvgIpc) is 2.52. The summed E-state index contributed by atoms with van der Waals surface area (Å²) in [5.74, 6) is 1.01. The van der Waals surface area contributed by atoms with Crippen molar-refractivity contribution >= 4 is 11.6 Å². The molecule has 1 aliphatic carbocycles. The number of carbonyl (C=O) groups excluding carboxylic acids is 1. The number of hydrogen-bond acceptors (Lipinski definition) is 2. The van der Waals surface area contributed by atoms with Gasteiger partial charge in [0.2, 0.25) is 5.91 Å². The summed E-state index contributed by atoms with van der Waals surface area (Å²) < 4.78 is 0. The zero-order valence-electron chi connectivity index (χ0n) is 12.8. The lowest BCUT2D eigenvalue weighted by Crippen LogP contribution is -2.46. The van der Waals surface area contributed by atoms with Gasteiger partial charge in [0.05, 0.1) is 0 Å². The predicted molar refractivity (Wildman–Crippen MR) is 86.3 cm³/mol. The van der Waals surface area contributed by atoms with E-state index in [4.69, 9.17) is 5.73 Å². The Bertz CT molecular complexity index is 494. The summed E-state index contributed by atoms with van der Waals surface area (Å²) in [5.41, 5.74) is 8.41. The molecule has 2 N–H and O–H groups in total. The van der Waals surface area contributed by atoms with Crippen molar-refractivity contribution in [3.05, 3.63) is 29.8 Å². The van der Waals surface area contributed by atoms with Crippen molar-refractivity contribution in [2.75, 3.05) is 11.4 Å². The number of nitrogens with zero attached hydrogens (tertiary/aromatic N) is 1. The molecule has 3 heteroatoms. The molecule has 1 atom stereocenters. The van der Waals surface area contributed by atoms with E-state index in [1.165, 1.54) is 37.7 Å². The lowest BCUT2D eigenvalue weighted by atomic mass is 9.86. The molecule has 3 rings (SSSR count). The minimum absolute atomic E-state index is 0.0681. The summed E-state index contributed by atoms with van der Waals surface area (Å²) in [6.07, 6.45) is 9.28. The minimum Gasteiger partial charge on any atom is -0.326 e. The van der Waals surface area contributed by atoms with Gasteiger partial charge in [-0.15, -0.1) is 0 Å². The standard InChI is InChI=1S/C18H26N2O/c19-16-12-15-8-4-5-9-17(15)20(13-16)18(21)11-10-14-6-2-1-3-7-14/h4-5,8-9,14,16H,1-3,6-7,10-13,19H2. The van der Waals surface area contributed by atoms with Gasteiger partial charge in [-0.05, 0) is 30.4 Å². The van der Waals surface area contributed by atoms with E-state index in [-0.39, 0.29) is 11.9 Å². The fourth-order valence-electron chi connectivity index (χ4n) is 3.80. The topological polar surface area (TPSA) is 46.3 Å². The molecule has 0 bridgehead atoms. The largest absolute Gasteiger partial charge is 0.326 e. The van der Waals surface area contributed by atoms with Gasteiger partial charge in [0.25, 0.3) is 0 Å². The quantitative estimate of drug-likeness (QED) is 0.927. The van der Waals surface area contributed by atoms with Crippen LogP contribution in [-0.4, -0.2) is 18.5 Å². The van der Waals surface area contributed by atoms with Crippen LogP contribution >= 0.6 is 0 Å². The second-order valence-corrected chi connectivity index (χ2v) is 6.64. The molecular formula is C18H26N2O. The number of nitrogens with two attached hydrogens (primary N) is 1. The average molecular weight is 286 g/mol. The Hall–Kier alpha value is -1.35. The first-order valence-corrected chi connectivity index (χ1v) is 8.38. The van der Waals surface area contributed by atoms with Gasteiger partial charge < -0.3 is 10.6 Å². The van der Waals surface area contributed by atoms with Gasteiger partial charge in [0.15, 0.2) is 0 Å². The number of rotatable bonds is 3. The molecule has 1 saturated carbocycles. The van der Waals surface area contributed by atoms with Crippen LogP contribution in [-0.2, 0) is 11.2 Å². The van der Waals surface area contributed by atoms with Crippen molar-refractivity contribution in [2.24, 2.45) is 11.7 Å². The molecule has 0 radical (unpaired) electrons. The monoisotopic (exact) mass is 286 g/mol. The smallest absolute Gasteiger partial charge is 0.227 e. The Balaban J connectivity index is 1.64. The molecule has 1 aromatic carbocycles. The van der Waals surface area contributed by atoms with Gasteiger partial charge in [-0.2, -0.15) is 0 Å². The van der Waals surface area contributed by atoms with Gasteiger partial charge in [-0.1, -0.05) is 50.3 Å². The first-order chi connectivity index (χ1) is 10.2. The number of fused-ring (bicyclic) bond motifs is 1. The number of carbonyl (C=O) groups is 1. The van der Waals surface area contributed by atoms with Crippen LogP contribution in [0.1, 0.15) is 50.5 Å². The highest BCUT2D eigenvalue weighted by Gasteiger charge is 2.26. The summed E-state index contributed by atoms with van der Waals surface area (Å²) in [7, 11) is 0. The van der Waals surface area contributed by atoms with Crippen molar-refractivity contribution < 1.29 is 4.79 Å². The highest BCUT2D eigenvalue weighted by molar-refractivity contribution is 5.94. The van der Waals surface area contributed by atoms with Crippen LogP contribution in [0.3, 0.4) is 0 Å². The fraction of sp³-hybridized carbons (Fsp3) is 0.611. The lowest BCUT2D eigenvalue weighted by molar-refractivity contribution is -0.119. The van der Waals surface area contributed by atoms with Crippen LogP contribution in [0, 0.1) is 5.92 Å². The molecule has 1 fully saturated rings. The molecule has 0 saturated heterocycles. The van der Waals surface area contributed by atoms with Crippen molar-refractivity contribution in [1.82, 2.24) is 0 Å². The molecule has 2 aliphatic rings. The zero-order chi connectivity index (χ0) is 14.7. The second kappa shape index (κ2) is 6.61. The first kappa shape index (κ1) is 14.6. The summed E-state index contributed by atoms with van der Waals surface area (Å²) in [6.45, 7) is 0.667. The molecule has 114 valence electrons. The van der Waals surface area contributed by atoms with E-state index in [1.807, 2.05) is 17.0 Å². The van der Waals surface area contributed by atoms with Crippen LogP contribution in [0.2, 0.25) is 0 Å². The van der Waals surface area contributed by atoms with E-state index in [9.17, 15) is 4.79 Å². The molecule has 0 spiro atoms. The van der Waals surface area contributed by atoms with E-state index in [0.29, 0.717) is 13.0 Å². The Morgan fingerprint density at radius 3 is 2.76 bits per heavy atom. The molecule has 1 unspecified atom stereocenters. The first-order valence-electron chi connectivity index (χ1n) is 8.38. The molecule has 0 aromatic heterocycles. The number of amides is 1. The Labute approximate surface area is 127 Å². The second-order valence-electron chi connectivity index (χ2n) is 6.64. The number of anilines is 1.